The number of hydrogen-bond acceptors (Lipinski definition) is 2. The normalized spacial score (nSPS) is 19.7. The minimum atomic E-state index is -0.453. The Balaban J connectivity index is 2.22. The maximum Gasteiger partial charge on any atom is 0.130 e. The summed E-state index contributed by atoms with van der Waals surface area (Å²) in [6.45, 7) is 5.26. The fourth-order valence-electron chi connectivity index (χ4n) is 2.16. The van der Waals surface area contributed by atoms with Gasteiger partial charge in [-0.2, -0.15) is 0 Å². The van der Waals surface area contributed by atoms with Gasteiger partial charge in [0.1, 0.15) is 11.6 Å². The zero-order chi connectivity index (χ0) is 11.5. The van der Waals surface area contributed by atoms with E-state index in [4.69, 9.17) is 0 Å². The first-order valence-electron chi connectivity index (χ1n) is 5.59. The molecule has 1 N–H and O–H groups in total. The SMILES string of the molecule is C[C@@H](c1c(F)cccc1F)N1CCNCC1. The molecule has 1 saturated heterocycles. The van der Waals surface area contributed by atoms with E-state index in [-0.39, 0.29) is 11.6 Å². The van der Waals surface area contributed by atoms with Crippen LogP contribution in [0.2, 0.25) is 0 Å². The van der Waals surface area contributed by atoms with Crippen molar-refractivity contribution in [1.29, 1.82) is 0 Å². The van der Waals surface area contributed by atoms with Crippen LogP contribution in [-0.2, 0) is 0 Å². The maximum absolute atomic E-state index is 13.6. The van der Waals surface area contributed by atoms with Crippen LogP contribution in [0.25, 0.3) is 0 Å². The molecule has 1 atom stereocenters. The first-order chi connectivity index (χ1) is 7.70. The molecule has 88 valence electrons. The molecule has 16 heavy (non-hydrogen) atoms. The Morgan fingerprint density at radius 3 is 2.31 bits per heavy atom. The van der Waals surface area contributed by atoms with E-state index in [1.165, 1.54) is 18.2 Å². The van der Waals surface area contributed by atoms with Crippen LogP contribution in [-0.4, -0.2) is 31.1 Å². The van der Waals surface area contributed by atoms with Crippen molar-refractivity contribution in [1.82, 2.24) is 10.2 Å². The van der Waals surface area contributed by atoms with Crippen molar-refractivity contribution in [3.8, 4) is 0 Å². The molecular formula is C12H16F2N2. The monoisotopic (exact) mass is 226 g/mol. The molecule has 0 aliphatic carbocycles. The van der Waals surface area contributed by atoms with Gasteiger partial charge in [0, 0.05) is 37.8 Å². The third-order valence-corrected chi connectivity index (χ3v) is 3.12. The lowest BCUT2D eigenvalue weighted by molar-refractivity contribution is 0.179. The van der Waals surface area contributed by atoms with Crippen molar-refractivity contribution in [2.45, 2.75) is 13.0 Å². The van der Waals surface area contributed by atoms with Crippen LogP contribution in [0.15, 0.2) is 18.2 Å². The molecular weight excluding hydrogens is 210 g/mol. The Kier molecular flexibility index (Phi) is 3.51. The molecule has 1 aromatic rings. The summed E-state index contributed by atoms with van der Waals surface area (Å²) in [6.07, 6.45) is 0. The quantitative estimate of drug-likeness (QED) is 0.829. The highest BCUT2D eigenvalue weighted by Crippen LogP contribution is 2.25. The van der Waals surface area contributed by atoms with Gasteiger partial charge in [-0.1, -0.05) is 6.07 Å². The predicted molar refractivity (Wildman–Crippen MR) is 59.2 cm³/mol. The summed E-state index contributed by atoms with van der Waals surface area (Å²) in [4.78, 5) is 2.10. The first kappa shape index (κ1) is 11.5. The molecule has 0 spiro atoms. The number of hydrogen-bond donors (Lipinski definition) is 1. The minimum Gasteiger partial charge on any atom is -0.314 e. The molecule has 1 heterocycles. The van der Waals surface area contributed by atoms with E-state index >= 15 is 0 Å². The van der Waals surface area contributed by atoms with E-state index in [9.17, 15) is 8.78 Å². The Labute approximate surface area is 94.3 Å². The van der Waals surface area contributed by atoms with E-state index in [0.29, 0.717) is 0 Å². The van der Waals surface area contributed by atoms with Crippen LogP contribution in [0, 0.1) is 11.6 Å². The second-order valence-electron chi connectivity index (χ2n) is 4.10. The average molecular weight is 226 g/mol. The van der Waals surface area contributed by atoms with Crippen molar-refractivity contribution in [3.63, 3.8) is 0 Å². The largest absolute Gasteiger partial charge is 0.314 e. The number of halogens is 2. The van der Waals surface area contributed by atoms with E-state index < -0.39 is 11.6 Å². The smallest absolute Gasteiger partial charge is 0.130 e. The van der Waals surface area contributed by atoms with Crippen molar-refractivity contribution in [3.05, 3.63) is 35.4 Å². The van der Waals surface area contributed by atoms with Gasteiger partial charge >= 0.3 is 0 Å². The number of nitrogens with one attached hydrogen (secondary N) is 1. The second kappa shape index (κ2) is 4.89. The molecule has 0 radical (unpaired) electrons. The van der Waals surface area contributed by atoms with Crippen LogP contribution >= 0.6 is 0 Å². The molecule has 0 amide bonds. The van der Waals surface area contributed by atoms with Crippen molar-refractivity contribution in [2.75, 3.05) is 26.2 Å². The molecule has 1 aromatic carbocycles. The number of nitrogens with zero attached hydrogens (tertiary/aromatic N) is 1. The summed E-state index contributed by atoms with van der Waals surface area (Å²) >= 11 is 0. The molecule has 0 saturated carbocycles. The lowest BCUT2D eigenvalue weighted by Gasteiger charge is -2.33. The van der Waals surface area contributed by atoms with E-state index in [1.807, 2.05) is 6.92 Å². The number of piperazine rings is 1. The lowest BCUT2D eigenvalue weighted by Crippen LogP contribution is -2.44. The minimum absolute atomic E-state index is 0.185. The van der Waals surface area contributed by atoms with Gasteiger partial charge in [0.2, 0.25) is 0 Å². The van der Waals surface area contributed by atoms with Crippen LogP contribution in [0.1, 0.15) is 18.5 Å². The summed E-state index contributed by atoms with van der Waals surface area (Å²) in [7, 11) is 0. The third kappa shape index (κ3) is 2.23. The Bertz CT molecular complexity index is 342. The van der Waals surface area contributed by atoms with Crippen LogP contribution in [0.5, 0.6) is 0 Å². The van der Waals surface area contributed by atoms with Gasteiger partial charge in [0.15, 0.2) is 0 Å². The highest BCUT2D eigenvalue weighted by molar-refractivity contribution is 5.23. The topological polar surface area (TPSA) is 15.3 Å². The first-order valence-corrected chi connectivity index (χ1v) is 5.59. The van der Waals surface area contributed by atoms with Crippen molar-refractivity contribution < 1.29 is 8.78 Å². The van der Waals surface area contributed by atoms with Crippen molar-refractivity contribution in [2.24, 2.45) is 0 Å². The van der Waals surface area contributed by atoms with Gasteiger partial charge < -0.3 is 5.32 Å². The summed E-state index contributed by atoms with van der Waals surface area (Å²) in [5, 5.41) is 3.22. The third-order valence-electron chi connectivity index (χ3n) is 3.12. The summed E-state index contributed by atoms with van der Waals surface area (Å²) in [6, 6.07) is 3.83. The lowest BCUT2D eigenvalue weighted by atomic mass is 10.0. The molecule has 2 nitrogen and oxygen atoms in total. The zero-order valence-corrected chi connectivity index (χ0v) is 9.34. The standard InChI is InChI=1S/C12H16F2N2/c1-9(16-7-5-15-6-8-16)12-10(13)3-2-4-11(12)14/h2-4,9,15H,5-8H2,1H3/t9-/m0/s1. The second-order valence-corrected chi connectivity index (χ2v) is 4.10. The van der Waals surface area contributed by atoms with Gasteiger partial charge in [-0.25, -0.2) is 8.78 Å². The highest BCUT2D eigenvalue weighted by Gasteiger charge is 2.23. The molecule has 1 aliphatic heterocycles. The predicted octanol–water partition coefficient (Wildman–Crippen LogP) is 1.93. The molecule has 0 aromatic heterocycles. The average Bonchev–Trinajstić information content (AvgIpc) is 2.30. The Morgan fingerprint density at radius 2 is 1.75 bits per heavy atom. The Hall–Kier alpha value is -1.00. The van der Waals surface area contributed by atoms with Gasteiger partial charge in [0.25, 0.3) is 0 Å². The summed E-state index contributed by atoms with van der Waals surface area (Å²) in [5.41, 5.74) is 0.185. The van der Waals surface area contributed by atoms with E-state index in [0.717, 1.165) is 26.2 Å². The molecule has 0 bridgehead atoms. The van der Waals surface area contributed by atoms with Gasteiger partial charge in [-0.05, 0) is 19.1 Å². The number of benzene rings is 1. The summed E-state index contributed by atoms with van der Waals surface area (Å²) < 4.78 is 27.1. The molecule has 4 heteroatoms. The molecule has 1 aliphatic rings. The highest BCUT2D eigenvalue weighted by atomic mass is 19.1. The number of rotatable bonds is 2. The van der Waals surface area contributed by atoms with Gasteiger partial charge in [-0.3, -0.25) is 4.90 Å². The fraction of sp³-hybridized carbons (Fsp3) is 0.500. The summed E-state index contributed by atoms with van der Waals surface area (Å²) in [5.74, 6) is -0.905. The van der Waals surface area contributed by atoms with E-state index in [1.54, 1.807) is 0 Å². The molecule has 2 rings (SSSR count). The molecule has 1 fully saturated rings. The van der Waals surface area contributed by atoms with Crippen LogP contribution in [0.3, 0.4) is 0 Å². The van der Waals surface area contributed by atoms with Crippen LogP contribution in [0.4, 0.5) is 8.78 Å². The molecule has 0 unspecified atom stereocenters. The van der Waals surface area contributed by atoms with Gasteiger partial charge in [0.05, 0.1) is 0 Å². The maximum atomic E-state index is 13.6. The van der Waals surface area contributed by atoms with Crippen LogP contribution < -0.4 is 5.32 Å². The van der Waals surface area contributed by atoms with Gasteiger partial charge in [-0.15, -0.1) is 0 Å². The van der Waals surface area contributed by atoms with Crippen molar-refractivity contribution >= 4 is 0 Å². The van der Waals surface area contributed by atoms with E-state index in [2.05, 4.69) is 10.2 Å². The fourth-order valence-corrected chi connectivity index (χ4v) is 2.16. The Morgan fingerprint density at radius 1 is 1.19 bits per heavy atom. The zero-order valence-electron chi connectivity index (χ0n) is 9.34.